The van der Waals surface area contributed by atoms with Crippen LogP contribution in [0.15, 0.2) is 53.4 Å². The molecule has 0 aliphatic heterocycles. The predicted octanol–water partition coefficient (Wildman–Crippen LogP) is 2.33. The van der Waals surface area contributed by atoms with Gasteiger partial charge in [0.05, 0.1) is 5.69 Å². The van der Waals surface area contributed by atoms with E-state index in [0.717, 1.165) is 6.07 Å². The lowest BCUT2D eigenvalue weighted by molar-refractivity contribution is 0.459. The van der Waals surface area contributed by atoms with Crippen molar-refractivity contribution in [1.29, 1.82) is 0 Å². The van der Waals surface area contributed by atoms with Crippen molar-refractivity contribution in [2.75, 3.05) is 4.72 Å². The summed E-state index contributed by atoms with van der Waals surface area (Å²) in [6.45, 7) is 0. The van der Waals surface area contributed by atoms with E-state index >= 15 is 0 Å². The monoisotopic (exact) mass is 267 g/mol. The zero-order valence-corrected chi connectivity index (χ0v) is 9.99. The summed E-state index contributed by atoms with van der Waals surface area (Å²) in [7, 11) is -3.93. The van der Waals surface area contributed by atoms with E-state index in [1.807, 2.05) is 0 Å². The molecule has 0 amide bonds. The second-order valence-corrected chi connectivity index (χ2v) is 5.23. The number of phenols is 1. The summed E-state index contributed by atoms with van der Waals surface area (Å²) in [5.74, 6) is -0.908. The van der Waals surface area contributed by atoms with Crippen LogP contribution < -0.4 is 4.72 Å². The van der Waals surface area contributed by atoms with Crippen molar-refractivity contribution in [2.24, 2.45) is 0 Å². The van der Waals surface area contributed by atoms with E-state index in [0.29, 0.717) is 0 Å². The van der Waals surface area contributed by atoms with Crippen LogP contribution in [0.3, 0.4) is 0 Å². The lowest BCUT2D eigenvalue weighted by atomic mass is 10.3. The van der Waals surface area contributed by atoms with E-state index in [-0.39, 0.29) is 16.3 Å². The van der Waals surface area contributed by atoms with E-state index in [1.54, 1.807) is 0 Å². The minimum atomic E-state index is -3.93. The molecule has 2 aromatic carbocycles. The summed E-state index contributed by atoms with van der Waals surface area (Å²) in [6.07, 6.45) is 0. The van der Waals surface area contributed by atoms with Gasteiger partial charge in [-0.15, -0.1) is 0 Å². The summed E-state index contributed by atoms with van der Waals surface area (Å²) >= 11 is 0. The van der Waals surface area contributed by atoms with Gasteiger partial charge in [0, 0.05) is 0 Å². The lowest BCUT2D eigenvalue weighted by Gasteiger charge is -2.09. The molecule has 0 spiro atoms. The highest BCUT2D eigenvalue weighted by Crippen LogP contribution is 2.24. The Kier molecular flexibility index (Phi) is 3.20. The molecular formula is C12H10FNO3S. The first-order valence-electron chi connectivity index (χ1n) is 5.05. The highest BCUT2D eigenvalue weighted by atomic mass is 32.2. The van der Waals surface area contributed by atoms with Crippen LogP contribution in [0.25, 0.3) is 0 Å². The normalized spacial score (nSPS) is 11.2. The van der Waals surface area contributed by atoms with Gasteiger partial charge in [-0.1, -0.05) is 18.2 Å². The molecule has 0 radical (unpaired) electrons. The van der Waals surface area contributed by atoms with Crippen molar-refractivity contribution >= 4 is 15.7 Å². The van der Waals surface area contributed by atoms with Gasteiger partial charge in [-0.05, 0) is 30.3 Å². The summed E-state index contributed by atoms with van der Waals surface area (Å²) in [6, 6.07) is 10.6. The minimum absolute atomic E-state index is 0.0956. The van der Waals surface area contributed by atoms with Crippen LogP contribution in [0.5, 0.6) is 5.75 Å². The molecule has 0 heterocycles. The molecule has 0 atom stereocenters. The van der Waals surface area contributed by atoms with Crippen molar-refractivity contribution in [2.45, 2.75) is 4.90 Å². The largest absolute Gasteiger partial charge is 0.507 e. The van der Waals surface area contributed by atoms with E-state index in [4.69, 9.17) is 0 Å². The predicted molar refractivity (Wildman–Crippen MR) is 65.3 cm³/mol. The highest BCUT2D eigenvalue weighted by molar-refractivity contribution is 7.92. The zero-order chi connectivity index (χ0) is 13.2. The Balaban J connectivity index is 2.37. The van der Waals surface area contributed by atoms with E-state index in [1.165, 1.54) is 42.5 Å². The van der Waals surface area contributed by atoms with Crippen LogP contribution in [0, 0.1) is 5.82 Å². The lowest BCUT2D eigenvalue weighted by Crippen LogP contribution is -2.13. The summed E-state index contributed by atoms with van der Waals surface area (Å²) in [5, 5.41) is 9.49. The van der Waals surface area contributed by atoms with Crippen LogP contribution in [0.2, 0.25) is 0 Å². The average molecular weight is 267 g/mol. The Morgan fingerprint density at radius 2 is 1.78 bits per heavy atom. The molecule has 6 heteroatoms. The third-order valence-electron chi connectivity index (χ3n) is 2.23. The smallest absolute Gasteiger partial charge is 0.265 e. The van der Waals surface area contributed by atoms with Crippen molar-refractivity contribution in [3.8, 4) is 5.75 Å². The third-order valence-corrected chi connectivity index (χ3v) is 3.66. The Bertz CT molecular complexity index is 671. The topological polar surface area (TPSA) is 66.4 Å². The molecule has 0 aromatic heterocycles. The second-order valence-electron chi connectivity index (χ2n) is 3.58. The maximum Gasteiger partial charge on any atom is 0.265 e. The first-order valence-corrected chi connectivity index (χ1v) is 6.54. The van der Waals surface area contributed by atoms with Crippen LogP contribution in [-0.2, 0) is 10.0 Å². The molecule has 2 N–H and O–H groups in total. The fourth-order valence-corrected chi connectivity index (χ4v) is 2.59. The first-order chi connectivity index (χ1) is 8.49. The van der Waals surface area contributed by atoms with Gasteiger partial charge in [0.25, 0.3) is 10.0 Å². The molecule has 0 saturated carbocycles. The highest BCUT2D eigenvalue weighted by Gasteiger charge is 2.18. The maximum absolute atomic E-state index is 12.9. The molecule has 18 heavy (non-hydrogen) atoms. The number of nitrogens with one attached hydrogen (secondary N) is 1. The first kappa shape index (κ1) is 12.4. The number of aromatic hydroxyl groups is 1. The fourth-order valence-electron chi connectivity index (χ4n) is 1.45. The van der Waals surface area contributed by atoms with Crippen molar-refractivity contribution in [3.05, 3.63) is 54.3 Å². The number of rotatable bonds is 3. The van der Waals surface area contributed by atoms with Gasteiger partial charge in [0.1, 0.15) is 16.5 Å². The zero-order valence-electron chi connectivity index (χ0n) is 9.17. The molecule has 0 unspecified atom stereocenters. The van der Waals surface area contributed by atoms with Gasteiger partial charge in [-0.2, -0.15) is 0 Å². The molecule has 0 aliphatic rings. The number of anilines is 1. The molecular weight excluding hydrogens is 257 g/mol. The quantitative estimate of drug-likeness (QED) is 0.897. The molecule has 0 aliphatic carbocycles. The third kappa shape index (κ3) is 2.60. The van der Waals surface area contributed by atoms with Gasteiger partial charge in [0.2, 0.25) is 0 Å². The SMILES string of the molecule is O=S(=O)(Nc1cccc(F)c1)c1ccccc1O. The van der Waals surface area contributed by atoms with Gasteiger partial charge in [0.15, 0.2) is 0 Å². The fraction of sp³-hybridized carbons (Fsp3) is 0. The van der Waals surface area contributed by atoms with Gasteiger partial charge in [-0.3, -0.25) is 4.72 Å². The second kappa shape index (κ2) is 4.66. The van der Waals surface area contributed by atoms with E-state index in [2.05, 4.69) is 4.72 Å². The number of phenolic OH excluding ortho intramolecular Hbond substituents is 1. The number of hydrogen-bond acceptors (Lipinski definition) is 3. The Labute approximate surface area is 104 Å². The minimum Gasteiger partial charge on any atom is -0.507 e. The number of benzene rings is 2. The summed E-state index contributed by atoms with van der Waals surface area (Å²) < 4.78 is 39.0. The van der Waals surface area contributed by atoms with Gasteiger partial charge >= 0.3 is 0 Å². The average Bonchev–Trinajstić information content (AvgIpc) is 2.28. The standard InChI is InChI=1S/C12H10FNO3S/c13-9-4-3-5-10(8-9)14-18(16,17)12-7-2-1-6-11(12)15/h1-8,14-15H. The number of halogens is 1. The molecule has 0 bridgehead atoms. The molecule has 94 valence electrons. The van der Waals surface area contributed by atoms with Crippen molar-refractivity contribution in [3.63, 3.8) is 0 Å². The molecule has 4 nitrogen and oxygen atoms in total. The molecule has 0 fully saturated rings. The van der Waals surface area contributed by atoms with Crippen molar-refractivity contribution in [1.82, 2.24) is 0 Å². The summed E-state index contributed by atoms with van der Waals surface area (Å²) in [4.78, 5) is -0.255. The van der Waals surface area contributed by atoms with Gasteiger partial charge in [-0.25, -0.2) is 12.8 Å². The number of sulfonamides is 1. The molecule has 2 aromatic rings. The molecule has 0 saturated heterocycles. The van der Waals surface area contributed by atoms with E-state index in [9.17, 15) is 17.9 Å². The number of para-hydroxylation sites is 1. The maximum atomic E-state index is 12.9. The Morgan fingerprint density at radius 1 is 1.06 bits per heavy atom. The van der Waals surface area contributed by atoms with E-state index < -0.39 is 15.8 Å². The Morgan fingerprint density at radius 3 is 2.44 bits per heavy atom. The Hall–Kier alpha value is -2.08. The number of hydrogen-bond donors (Lipinski definition) is 2. The van der Waals surface area contributed by atoms with Crippen molar-refractivity contribution < 1.29 is 17.9 Å². The van der Waals surface area contributed by atoms with Crippen LogP contribution in [-0.4, -0.2) is 13.5 Å². The van der Waals surface area contributed by atoms with Gasteiger partial charge < -0.3 is 5.11 Å². The van der Waals surface area contributed by atoms with Crippen LogP contribution in [0.4, 0.5) is 10.1 Å². The summed E-state index contributed by atoms with van der Waals surface area (Å²) in [5.41, 5.74) is 0.0956. The van der Waals surface area contributed by atoms with Crippen LogP contribution in [0.1, 0.15) is 0 Å². The van der Waals surface area contributed by atoms with Crippen LogP contribution >= 0.6 is 0 Å². The molecule has 2 rings (SSSR count).